The highest BCUT2D eigenvalue weighted by Gasteiger charge is 2.19. The van der Waals surface area contributed by atoms with Crippen molar-refractivity contribution in [3.63, 3.8) is 0 Å². The Balaban J connectivity index is 3.19. The van der Waals surface area contributed by atoms with Crippen molar-refractivity contribution in [2.75, 3.05) is 20.2 Å². The lowest BCUT2D eigenvalue weighted by atomic mass is 10.2. The molecule has 0 amide bonds. The summed E-state index contributed by atoms with van der Waals surface area (Å²) in [5, 5.41) is 0.0205. The van der Waals surface area contributed by atoms with Crippen LogP contribution >= 0.6 is 11.6 Å². The molecule has 0 aliphatic rings. The van der Waals surface area contributed by atoms with E-state index in [-0.39, 0.29) is 28.6 Å². The fraction of sp³-hybridized carbons (Fsp3) is 0.300. The SMILES string of the molecule is COC(=O)c1ccc(Cl)c(S(=O)(=O)NCCN)c1. The molecule has 0 saturated heterocycles. The van der Waals surface area contributed by atoms with Gasteiger partial charge in [-0.05, 0) is 18.2 Å². The number of methoxy groups -OCH3 is 1. The van der Waals surface area contributed by atoms with Gasteiger partial charge in [-0.2, -0.15) is 0 Å². The maximum atomic E-state index is 11.9. The second-order valence-corrected chi connectivity index (χ2v) is 5.47. The number of hydrogen-bond acceptors (Lipinski definition) is 5. The largest absolute Gasteiger partial charge is 0.465 e. The minimum absolute atomic E-state index is 0.0205. The van der Waals surface area contributed by atoms with E-state index in [1.165, 1.54) is 19.2 Å². The van der Waals surface area contributed by atoms with Gasteiger partial charge < -0.3 is 10.5 Å². The Kier molecular flexibility index (Phi) is 5.09. The predicted molar refractivity (Wildman–Crippen MR) is 67.0 cm³/mol. The summed E-state index contributed by atoms with van der Waals surface area (Å²) in [4.78, 5) is 11.1. The summed E-state index contributed by atoms with van der Waals surface area (Å²) >= 11 is 5.81. The molecule has 6 nitrogen and oxygen atoms in total. The molecule has 8 heteroatoms. The minimum Gasteiger partial charge on any atom is -0.465 e. The Labute approximate surface area is 110 Å². The molecule has 0 aliphatic carbocycles. The Hall–Kier alpha value is -1.15. The third kappa shape index (κ3) is 3.42. The van der Waals surface area contributed by atoms with Crippen molar-refractivity contribution in [2.24, 2.45) is 5.73 Å². The van der Waals surface area contributed by atoms with Crippen molar-refractivity contribution in [3.05, 3.63) is 28.8 Å². The predicted octanol–water partition coefficient (Wildman–Crippen LogP) is 0.364. The van der Waals surface area contributed by atoms with Gasteiger partial charge in [0.15, 0.2) is 0 Å². The fourth-order valence-corrected chi connectivity index (χ4v) is 2.80. The first kappa shape index (κ1) is 14.9. The molecule has 1 aromatic rings. The molecule has 0 aliphatic heterocycles. The summed E-state index contributed by atoms with van der Waals surface area (Å²) in [6, 6.07) is 3.87. The number of nitrogens with one attached hydrogen (secondary N) is 1. The van der Waals surface area contributed by atoms with Crippen molar-refractivity contribution in [1.29, 1.82) is 0 Å². The third-order valence-electron chi connectivity index (χ3n) is 2.08. The van der Waals surface area contributed by atoms with Crippen LogP contribution < -0.4 is 10.5 Å². The lowest BCUT2D eigenvalue weighted by Crippen LogP contribution is -2.29. The number of rotatable bonds is 5. The zero-order valence-electron chi connectivity index (χ0n) is 9.64. The summed E-state index contributed by atoms with van der Waals surface area (Å²) in [5.74, 6) is -0.637. The van der Waals surface area contributed by atoms with Crippen LogP contribution in [0.5, 0.6) is 0 Å². The second kappa shape index (κ2) is 6.14. The van der Waals surface area contributed by atoms with Gasteiger partial charge in [0.2, 0.25) is 10.0 Å². The number of carbonyl (C=O) groups is 1. The first-order valence-electron chi connectivity index (χ1n) is 5.00. The standard InChI is InChI=1S/C10H13ClN2O4S/c1-17-10(14)7-2-3-8(11)9(6-7)18(15,16)13-5-4-12/h2-3,6,13H,4-5,12H2,1H3. The fourth-order valence-electron chi connectivity index (χ4n) is 1.23. The molecule has 1 rings (SSSR count). The van der Waals surface area contributed by atoms with Gasteiger partial charge in [0, 0.05) is 13.1 Å². The van der Waals surface area contributed by atoms with Crippen LogP contribution in [-0.2, 0) is 14.8 Å². The van der Waals surface area contributed by atoms with E-state index in [0.717, 1.165) is 6.07 Å². The van der Waals surface area contributed by atoms with Gasteiger partial charge in [-0.3, -0.25) is 0 Å². The Morgan fingerprint density at radius 3 is 2.72 bits per heavy atom. The van der Waals surface area contributed by atoms with Crippen LogP contribution in [0.2, 0.25) is 5.02 Å². The summed E-state index contributed by atoms with van der Waals surface area (Å²) < 4.78 is 30.5. The third-order valence-corrected chi connectivity index (χ3v) is 4.02. The molecule has 0 saturated carbocycles. The van der Waals surface area contributed by atoms with E-state index in [9.17, 15) is 13.2 Å². The molecule has 0 unspecified atom stereocenters. The monoisotopic (exact) mass is 292 g/mol. The van der Waals surface area contributed by atoms with Crippen molar-refractivity contribution in [2.45, 2.75) is 4.90 Å². The highest BCUT2D eigenvalue weighted by molar-refractivity contribution is 7.89. The summed E-state index contributed by atoms with van der Waals surface area (Å²) in [5.41, 5.74) is 5.32. The van der Waals surface area contributed by atoms with E-state index in [0.29, 0.717) is 0 Å². The zero-order chi connectivity index (χ0) is 13.8. The van der Waals surface area contributed by atoms with E-state index < -0.39 is 16.0 Å². The molecule has 1 aromatic carbocycles. The molecule has 0 atom stereocenters. The van der Waals surface area contributed by atoms with Gasteiger partial charge in [-0.1, -0.05) is 11.6 Å². The van der Waals surface area contributed by atoms with Crippen LogP contribution in [0.15, 0.2) is 23.1 Å². The highest BCUT2D eigenvalue weighted by atomic mass is 35.5. The van der Waals surface area contributed by atoms with E-state index >= 15 is 0 Å². The van der Waals surface area contributed by atoms with Gasteiger partial charge in [0.25, 0.3) is 0 Å². The second-order valence-electron chi connectivity index (χ2n) is 3.32. The van der Waals surface area contributed by atoms with Gasteiger partial charge in [0.05, 0.1) is 17.7 Å². The Morgan fingerprint density at radius 1 is 1.50 bits per heavy atom. The van der Waals surface area contributed by atoms with E-state index in [2.05, 4.69) is 9.46 Å². The molecular formula is C10H13ClN2O4S. The molecular weight excluding hydrogens is 280 g/mol. The van der Waals surface area contributed by atoms with Crippen LogP contribution in [0.25, 0.3) is 0 Å². The summed E-state index contributed by atoms with van der Waals surface area (Å²) in [6.07, 6.45) is 0. The van der Waals surface area contributed by atoms with Crippen molar-refractivity contribution in [1.82, 2.24) is 4.72 Å². The minimum atomic E-state index is -3.79. The van der Waals surface area contributed by atoms with Crippen LogP contribution in [0.1, 0.15) is 10.4 Å². The smallest absolute Gasteiger partial charge is 0.337 e. The normalized spacial score (nSPS) is 11.3. The highest BCUT2D eigenvalue weighted by Crippen LogP contribution is 2.22. The molecule has 0 radical (unpaired) electrons. The summed E-state index contributed by atoms with van der Waals surface area (Å²) in [7, 11) is -2.58. The average molecular weight is 293 g/mol. The van der Waals surface area contributed by atoms with Crippen molar-refractivity contribution < 1.29 is 17.9 Å². The number of sulfonamides is 1. The Morgan fingerprint density at radius 2 is 2.17 bits per heavy atom. The van der Waals surface area contributed by atoms with E-state index in [4.69, 9.17) is 17.3 Å². The number of esters is 1. The van der Waals surface area contributed by atoms with Crippen LogP contribution in [0, 0.1) is 0 Å². The molecule has 0 bridgehead atoms. The van der Waals surface area contributed by atoms with Crippen LogP contribution in [0.4, 0.5) is 0 Å². The number of halogens is 1. The maximum Gasteiger partial charge on any atom is 0.337 e. The van der Waals surface area contributed by atoms with Crippen LogP contribution in [-0.4, -0.2) is 34.6 Å². The van der Waals surface area contributed by atoms with Crippen molar-refractivity contribution in [3.8, 4) is 0 Å². The number of ether oxygens (including phenoxy) is 1. The average Bonchev–Trinajstić information content (AvgIpc) is 2.35. The molecule has 0 aromatic heterocycles. The first-order valence-corrected chi connectivity index (χ1v) is 6.86. The first-order chi connectivity index (χ1) is 8.42. The molecule has 0 fully saturated rings. The molecule has 0 spiro atoms. The van der Waals surface area contributed by atoms with E-state index in [1.807, 2.05) is 0 Å². The van der Waals surface area contributed by atoms with Gasteiger partial charge >= 0.3 is 5.97 Å². The lowest BCUT2D eigenvalue weighted by Gasteiger charge is -2.08. The number of carbonyl (C=O) groups excluding carboxylic acids is 1. The molecule has 100 valence electrons. The number of nitrogens with two attached hydrogens (primary N) is 1. The topological polar surface area (TPSA) is 98.5 Å². The quantitative estimate of drug-likeness (QED) is 0.764. The van der Waals surface area contributed by atoms with E-state index in [1.54, 1.807) is 0 Å². The number of benzene rings is 1. The molecule has 0 heterocycles. The zero-order valence-corrected chi connectivity index (χ0v) is 11.2. The van der Waals surface area contributed by atoms with Gasteiger partial charge in [0.1, 0.15) is 4.90 Å². The maximum absolute atomic E-state index is 11.9. The molecule has 18 heavy (non-hydrogen) atoms. The Bertz CT molecular complexity index is 545. The van der Waals surface area contributed by atoms with Gasteiger partial charge in [-0.25, -0.2) is 17.9 Å². The summed E-state index contributed by atoms with van der Waals surface area (Å²) in [6.45, 7) is 0.245. The van der Waals surface area contributed by atoms with Crippen molar-refractivity contribution >= 4 is 27.6 Å². The lowest BCUT2D eigenvalue weighted by molar-refractivity contribution is 0.0600. The number of hydrogen-bond donors (Lipinski definition) is 2. The van der Waals surface area contributed by atoms with Crippen LogP contribution in [0.3, 0.4) is 0 Å². The van der Waals surface area contributed by atoms with Gasteiger partial charge in [-0.15, -0.1) is 0 Å². The molecule has 3 N–H and O–H groups in total.